The van der Waals surface area contributed by atoms with Crippen LogP contribution in [0.5, 0.6) is 0 Å². The molecular weight excluding hydrogens is 739 g/mol. The van der Waals surface area contributed by atoms with Gasteiger partial charge in [0.1, 0.15) is 0 Å². The number of carbonyl (C=O) groups excluding carboxylic acids is 1. The van der Waals surface area contributed by atoms with Gasteiger partial charge in [0.05, 0.1) is 31.3 Å². The highest BCUT2D eigenvalue weighted by molar-refractivity contribution is 5.76. The summed E-state index contributed by atoms with van der Waals surface area (Å²) >= 11 is 0. The molecule has 0 saturated heterocycles. The Morgan fingerprint density at radius 3 is 1.05 bits per heavy atom. The maximum Gasteiger partial charge on any atom is 0.222 e. The molecule has 0 saturated carbocycles. The Morgan fingerprint density at radius 1 is 0.417 bits per heavy atom. The van der Waals surface area contributed by atoms with Gasteiger partial charge in [0.2, 0.25) is 5.91 Å². The topological polar surface area (TPSA) is 89.8 Å². The van der Waals surface area contributed by atoms with Crippen LogP contribution in [-0.2, 0) is 4.79 Å². The highest BCUT2D eigenvalue weighted by Crippen LogP contribution is 2.18. The molecule has 1 amide bonds. The number of hydrogen-bond acceptors (Lipinski definition) is 4. The molecule has 0 aromatic carbocycles. The summed E-state index contributed by atoms with van der Waals surface area (Å²) in [4.78, 5) is 12.4. The maximum atomic E-state index is 12.4. The minimum Gasteiger partial charge on any atom is -0.394 e. The van der Waals surface area contributed by atoms with E-state index >= 15 is 0 Å². The van der Waals surface area contributed by atoms with Crippen LogP contribution in [-0.4, -0.2) is 46.1 Å². The molecule has 0 rings (SSSR count). The zero-order valence-electron chi connectivity index (χ0n) is 40.4. The molecule has 0 aliphatic heterocycles. The summed E-state index contributed by atoms with van der Waals surface area (Å²) < 4.78 is 0. The zero-order chi connectivity index (χ0) is 43.7. The maximum absolute atomic E-state index is 12.4. The number of amides is 1. The minimum absolute atomic E-state index is 0.00511. The Morgan fingerprint density at radius 2 is 0.717 bits per heavy atom. The van der Waals surface area contributed by atoms with Crippen LogP contribution in [0.15, 0.2) is 36.5 Å². The van der Waals surface area contributed by atoms with Gasteiger partial charge in [0.15, 0.2) is 0 Å². The molecule has 0 aliphatic rings. The van der Waals surface area contributed by atoms with Gasteiger partial charge < -0.3 is 20.6 Å². The average Bonchev–Trinajstić information content (AvgIpc) is 3.24. The molecule has 5 heteroatoms. The van der Waals surface area contributed by atoms with E-state index in [2.05, 4.69) is 43.5 Å². The second-order valence-corrected chi connectivity index (χ2v) is 18.5. The number of hydrogen-bond donors (Lipinski definition) is 4. The lowest BCUT2D eigenvalue weighted by Gasteiger charge is -2.21. The lowest BCUT2D eigenvalue weighted by atomic mass is 10.0. The van der Waals surface area contributed by atoms with E-state index in [0.29, 0.717) is 6.42 Å². The van der Waals surface area contributed by atoms with Crippen molar-refractivity contribution in [2.24, 2.45) is 0 Å². The van der Waals surface area contributed by atoms with Gasteiger partial charge in [-0.3, -0.25) is 4.79 Å². The smallest absolute Gasteiger partial charge is 0.222 e. The minimum atomic E-state index is -0.957. The first-order valence-electron chi connectivity index (χ1n) is 26.8. The highest BCUT2D eigenvalue weighted by Gasteiger charge is 2.20. The number of carbonyl (C=O) groups is 1. The lowest BCUT2D eigenvalue weighted by molar-refractivity contribution is -0.124. The van der Waals surface area contributed by atoms with Gasteiger partial charge in [0, 0.05) is 0 Å². The predicted octanol–water partition coefficient (Wildman–Crippen LogP) is 16.3. The molecular formula is C55H105NO4. The molecule has 0 fully saturated rings. The van der Waals surface area contributed by atoms with Crippen LogP contribution < -0.4 is 5.32 Å². The number of aliphatic hydroxyl groups excluding tert-OH is 3. The van der Waals surface area contributed by atoms with Gasteiger partial charge in [0.25, 0.3) is 0 Å². The largest absolute Gasteiger partial charge is 0.394 e. The van der Waals surface area contributed by atoms with Crippen molar-refractivity contribution in [3.05, 3.63) is 36.5 Å². The summed E-state index contributed by atoms with van der Waals surface area (Å²) in [6.07, 6.45) is 64.9. The number of unbranched alkanes of at least 4 members (excludes halogenated alkanes) is 36. The van der Waals surface area contributed by atoms with Crippen LogP contribution in [0.1, 0.15) is 284 Å². The van der Waals surface area contributed by atoms with E-state index in [0.717, 1.165) is 38.5 Å². The van der Waals surface area contributed by atoms with Crippen molar-refractivity contribution in [2.75, 3.05) is 6.61 Å². The van der Waals surface area contributed by atoms with Gasteiger partial charge in [-0.25, -0.2) is 0 Å². The van der Waals surface area contributed by atoms with Crippen LogP contribution >= 0.6 is 0 Å². The number of nitrogens with one attached hydrogen (secondary N) is 1. The molecule has 0 aliphatic carbocycles. The van der Waals surface area contributed by atoms with E-state index in [9.17, 15) is 20.1 Å². The molecule has 3 unspecified atom stereocenters. The van der Waals surface area contributed by atoms with Crippen molar-refractivity contribution in [3.63, 3.8) is 0 Å². The highest BCUT2D eigenvalue weighted by atomic mass is 16.3. The molecule has 0 radical (unpaired) electrons. The standard InChI is InChI=1S/C55H105NO4/c1-3-5-7-9-11-13-15-17-18-19-20-21-22-23-24-25-26-27-28-29-30-31-32-33-34-35-36-37-38-40-42-44-46-48-52(58)50-55(60)56-53(51-57)54(59)49-47-45-43-41-39-16-14-12-10-8-6-4-2/h10,12,39,41,47,49,52-54,57-59H,3-9,11,13-38,40,42-46,48,50-51H2,1-2H3,(H,56,60)/b12-10+,41-39+,49-47+. The van der Waals surface area contributed by atoms with E-state index in [1.165, 1.54) is 218 Å². The van der Waals surface area contributed by atoms with Crippen molar-refractivity contribution in [3.8, 4) is 0 Å². The number of rotatable bonds is 49. The van der Waals surface area contributed by atoms with Crippen molar-refractivity contribution in [2.45, 2.75) is 302 Å². The molecule has 0 aromatic rings. The Balaban J connectivity index is 3.47. The Bertz CT molecular complexity index is 931. The molecule has 3 atom stereocenters. The third-order valence-electron chi connectivity index (χ3n) is 12.4. The van der Waals surface area contributed by atoms with E-state index in [4.69, 9.17) is 0 Å². The van der Waals surface area contributed by atoms with Crippen LogP contribution in [0.25, 0.3) is 0 Å². The second-order valence-electron chi connectivity index (χ2n) is 18.5. The first kappa shape index (κ1) is 58.6. The molecule has 0 bridgehead atoms. The average molecular weight is 844 g/mol. The third-order valence-corrected chi connectivity index (χ3v) is 12.4. The van der Waals surface area contributed by atoms with Crippen LogP contribution in [0.2, 0.25) is 0 Å². The summed E-state index contributed by atoms with van der Waals surface area (Å²) in [6, 6.07) is -0.765. The van der Waals surface area contributed by atoms with Crippen LogP contribution in [0, 0.1) is 0 Å². The Kier molecular flexibility index (Phi) is 49.0. The molecule has 354 valence electrons. The van der Waals surface area contributed by atoms with E-state index in [-0.39, 0.29) is 18.9 Å². The first-order valence-corrected chi connectivity index (χ1v) is 26.8. The molecule has 60 heavy (non-hydrogen) atoms. The van der Waals surface area contributed by atoms with Crippen molar-refractivity contribution >= 4 is 5.91 Å². The van der Waals surface area contributed by atoms with Gasteiger partial charge in [-0.2, -0.15) is 0 Å². The van der Waals surface area contributed by atoms with Crippen LogP contribution in [0.3, 0.4) is 0 Å². The van der Waals surface area contributed by atoms with Gasteiger partial charge in [-0.05, 0) is 38.5 Å². The fraction of sp³-hybridized carbons (Fsp3) is 0.873. The number of allylic oxidation sites excluding steroid dienone is 5. The fourth-order valence-electron chi connectivity index (χ4n) is 8.30. The van der Waals surface area contributed by atoms with E-state index in [1.807, 2.05) is 6.08 Å². The Labute approximate surface area is 374 Å². The summed E-state index contributed by atoms with van der Waals surface area (Å²) in [5.74, 6) is -0.327. The van der Waals surface area contributed by atoms with Crippen LogP contribution in [0.4, 0.5) is 0 Å². The van der Waals surface area contributed by atoms with Crippen molar-refractivity contribution < 1.29 is 20.1 Å². The first-order chi connectivity index (χ1) is 29.5. The molecule has 0 spiro atoms. The third kappa shape index (κ3) is 46.1. The lowest BCUT2D eigenvalue weighted by Crippen LogP contribution is -2.45. The summed E-state index contributed by atoms with van der Waals surface area (Å²) in [7, 11) is 0. The predicted molar refractivity (Wildman–Crippen MR) is 264 cm³/mol. The van der Waals surface area contributed by atoms with Gasteiger partial charge in [-0.1, -0.05) is 275 Å². The molecule has 4 N–H and O–H groups in total. The normalized spacial score (nSPS) is 13.6. The molecule has 5 nitrogen and oxygen atoms in total. The summed E-state index contributed by atoms with van der Waals surface area (Å²) in [5.41, 5.74) is 0. The van der Waals surface area contributed by atoms with Gasteiger partial charge in [-0.15, -0.1) is 0 Å². The quantitative estimate of drug-likeness (QED) is 0.0363. The van der Waals surface area contributed by atoms with Crippen molar-refractivity contribution in [1.29, 1.82) is 0 Å². The monoisotopic (exact) mass is 844 g/mol. The SMILES string of the molecule is CCCC/C=C/CC/C=C/CC/C=C/C(O)C(CO)NC(=O)CC(O)CCCCCCCCCCCCCCCCCCCCCCCCCCCCCCCCCCC. The molecule has 0 heterocycles. The number of aliphatic hydroxyl groups is 3. The zero-order valence-corrected chi connectivity index (χ0v) is 40.4. The summed E-state index contributed by atoms with van der Waals surface area (Å²) in [5, 5.41) is 33.2. The second kappa shape index (κ2) is 50.2. The fourth-order valence-corrected chi connectivity index (χ4v) is 8.30. The van der Waals surface area contributed by atoms with E-state index < -0.39 is 18.2 Å². The Hall–Kier alpha value is -1.43. The van der Waals surface area contributed by atoms with E-state index in [1.54, 1.807) is 6.08 Å². The van der Waals surface area contributed by atoms with Gasteiger partial charge >= 0.3 is 0 Å². The van der Waals surface area contributed by atoms with Crippen molar-refractivity contribution in [1.82, 2.24) is 5.32 Å². The summed E-state index contributed by atoms with van der Waals surface area (Å²) in [6.45, 7) is 4.16. The molecule has 0 aromatic heterocycles.